The second-order valence-corrected chi connectivity index (χ2v) is 6.97. The predicted molar refractivity (Wildman–Crippen MR) is 94.6 cm³/mol. The van der Waals surface area contributed by atoms with Gasteiger partial charge in [-0.15, -0.1) is 11.8 Å². The maximum absolute atomic E-state index is 12.8. The summed E-state index contributed by atoms with van der Waals surface area (Å²) in [5, 5.41) is 2.86. The van der Waals surface area contributed by atoms with Gasteiger partial charge in [0, 0.05) is 24.6 Å². The summed E-state index contributed by atoms with van der Waals surface area (Å²) < 4.78 is 4.81. The third-order valence-electron chi connectivity index (χ3n) is 4.50. The third-order valence-corrected chi connectivity index (χ3v) is 5.22. The van der Waals surface area contributed by atoms with E-state index >= 15 is 0 Å². The molecule has 0 bridgehead atoms. The molecule has 1 aromatic rings. The fourth-order valence-corrected chi connectivity index (χ4v) is 3.77. The molecule has 25 heavy (non-hydrogen) atoms. The lowest BCUT2D eigenvalue weighted by molar-refractivity contribution is -0.127. The van der Waals surface area contributed by atoms with Crippen molar-refractivity contribution in [2.45, 2.75) is 29.8 Å². The first-order valence-corrected chi connectivity index (χ1v) is 9.34. The van der Waals surface area contributed by atoms with Crippen molar-refractivity contribution in [1.29, 1.82) is 0 Å². The highest BCUT2D eigenvalue weighted by molar-refractivity contribution is 7.98. The maximum Gasteiger partial charge on any atom is 0.332 e. The predicted octanol–water partition coefficient (Wildman–Crippen LogP) is 1.47. The Morgan fingerprint density at radius 1 is 1.40 bits per heavy atom. The lowest BCUT2D eigenvalue weighted by Crippen LogP contribution is -2.50. The Bertz CT molecular complexity index is 696. The minimum Gasteiger partial charge on any atom is -0.375 e. The maximum atomic E-state index is 12.8. The minimum atomic E-state index is -0.521. The van der Waals surface area contributed by atoms with Crippen LogP contribution in [0.5, 0.6) is 0 Å². The van der Waals surface area contributed by atoms with Gasteiger partial charge in [-0.2, -0.15) is 0 Å². The second kappa shape index (κ2) is 7.45. The molecule has 2 unspecified atom stereocenters. The summed E-state index contributed by atoms with van der Waals surface area (Å²) >= 11 is 1.56. The zero-order valence-corrected chi connectivity index (χ0v) is 15.0. The molecule has 0 aliphatic carbocycles. The van der Waals surface area contributed by atoms with Crippen LogP contribution in [0.15, 0.2) is 29.2 Å². The number of benzene rings is 1. The number of nitrogens with one attached hydrogen (secondary N) is 1. The average molecular weight is 363 g/mol. The molecule has 2 saturated heterocycles. The number of hydrogen-bond donors (Lipinski definition) is 1. The number of rotatable bonds is 5. The van der Waals surface area contributed by atoms with E-state index in [9.17, 15) is 14.4 Å². The quantitative estimate of drug-likeness (QED) is 0.633. The van der Waals surface area contributed by atoms with Crippen LogP contribution in [-0.4, -0.2) is 61.3 Å². The first kappa shape index (κ1) is 17.8. The van der Waals surface area contributed by atoms with Crippen LogP contribution in [0.3, 0.4) is 0 Å². The van der Waals surface area contributed by atoms with Crippen molar-refractivity contribution in [3.05, 3.63) is 24.3 Å². The molecule has 134 valence electrons. The Hall–Kier alpha value is -2.06. The Morgan fingerprint density at radius 3 is 2.92 bits per heavy atom. The molecule has 2 fully saturated rings. The van der Waals surface area contributed by atoms with E-state index in [4.69, 9.17) is 4.74 Å². The largest absolute Gasteiger partial charge is 0.375 e. The Labute approximate surface area is 150 Å². The Morgan fingerprint density at radius 2 is 2.20 bits per heavy atom. The number of amides is 4. The fourth-order valence-electron chi connectivity index (χ4n) is 3.32. The van der Waals surface area contributed by atoms with Crippen LogP contribution >= 0.6 is 11.8 Å². The lowest BCUT2D eigenvalue weighted by Gasteiger charge is -2.32. The number of fused-ring (bicyclic) bond motifs is 1. The van der Waals surface area contributed by atoms with E-state index in [1.807, 2.05) is 24.5 Å². The van der Waals surface area contributed by atoms with Crippen molar-refractivity contribution in [3.63, 3.8) is 0 Å². The van der Waals surface area contributed by atoms with Gasteiger partial charge in [-0.25, -0.2) is 9.69 Å². The van der Waals surface area contributed by atoms with Gasteiger partial charge < -0.3 is 15.0 Å². The molecule has 2 aliphatic heterocycles. The number of hydrogen-bond acceptors (Lipinski definition) is 5. The highest BCUT2D eigenvalue weighted by Gasteiger charge is 2.48. The highest BCUT2D eigenvalue weighted by Crippen LogP contribution is 2.32. The van der Waals surface area contributed by atoms with Crippen LogP contribution in [0.2, 0.25) is 0 Å². The number of methoxy groups -OCH3 is 1. The number of ether oxygens (including phenoxy) is 1. The number of imide groups is 1. The molecule has 2 atom stereocenters. The van der Waals surface area contributed by atoms with Crippen LogP contribution < -0.4 is 10.2 Å². The highest BCUT2D eigenvalue weighted by atomic mass is 32.2. The average Bonchev–Trinajstić information content (AvgIpc) is 2.86. The molecule has 3 rings (SSSR count). The van der Waals surface area contributed by atoms with Crippen LogP contribution in [0, 0.1) is 0 Å². The molecule has 2 heterocycles. The standard InChI is InChI=1S/C17H21N3O4S/c1-24-10-15(21)18-11-6-7-19-14(8-11)16(22)20(17(19)23)12-4-3-5-13(9-12)25-2/h3-5,9,11,14H,6-8,10H2,1-2H3,(H,18,21). The topological polar surface area (TPSA) is 79.0 Å². The number of thioether (sulfide) groups is 1. The molecule has 7 nitrogen and oxygen atoms in total. The van der Waals surface area contributed by atoms with Crippen molar-refractivity contribution in [1.82, 2.24) is 10.2 Å². The first-order valence-electron chi connectivity index (χ1n) is 8.12. The van der Waals surface area contributed by atoms with E-state index in [-0.39, 0.29) is 30.5 Å². The molecule has 1 aromatic carbocycles. The van der Waals surface area contributed by atoms with Gasteiger partial charge in [-0.05, 0) is 37.3 Å². The minimum absolute atomic E-state index is 0.00857. The van der Waals surface area contributed by atoms with Gasteiger partial charge in [-0.3, -0.25) is 9.59 Å². The van der Waals surface area contributed by atoms with Gasteiger partial charge in [-0.1, -0.05) is 6.07 Å². The molecule has 1 N–H and O–H groups in total. The molecule has 8 heteroatoms. The molecular formula is C17H21N3O4S. The third kappa shape index (κ3) is 3.50. The van der Waals surface area contributed by atoms with Crippen molar-refractivity contribution < 1.29 is 19.1 Å². The van der Waals surface area contributed by atoms with Crippen LogP contribution in [0.25, 0.3) is 0 Å². The summed E-state index contributed by atoms with van der Waals surface area (Å²) in [7, 11) is 1.46. The number of nitrogens with zero attached hydrogens (tertiary/aromatic N) is 2. The smallest absolute Gasteiger partial charge is 0.332 e. The molecule has 2 aliphatic rings. The van der Waals surface area contributed by atoms with Gasteiger partial charge in [0.25, 0.3) is 5.91 Å². The van der Waals surface area contributed by atoms with E-state index in [0.29, 0.717) is 25.1 Å². The van der Waals surface area contributed by atoms with Crippen LogP contribution in [0.1, 0.15) is 12.8 Å². The van der Waals surface area contributed by atoms with Gasteiger partial charge in [0.05, 0.1) is 5.69 Å². The molecule has 0 spiro atoms. The van der Waals surface area contributed by atoms with Crippen molar-refractivity contribution in [2.75, 3.05) is 31.4 Å². The number of urea groups is 1. The monoisotopic (exact) mass is 363 g/mol. The number of piperidine rings is 1. The van der Waals surface area contributed by atoms with E-state index in [1.54, 1.807) is 22.7 Å². The molecule has 4 amide bonds. The summed E-state index contributed by atoms with van der Waals surface area (Å²) in [5.74, 6) is -0.434. The van der Waals surface area contributed by atoms with Crippen LogP contribution in [0.4, 0.5) is 10.5 Å². The van der Waals surface area contributed by atoms with Gasteiger partial charge in [0.15, 0.2) is 0 Å². The molecule has 0 radical (unpaired) electrons. The zero-order chi connectivity index (χ0) is 18.0. The van der Waals surface area contributed by atoms with Gasteiger partial charge in [0.1, 0.15) is 12.6 Å². The van der Waals surface area contributed by atoms with Crippen molar-refractivity contribution in [2.24, 2.45) is 0 Å². The lowest BCUT2D eigenvalue weighted by atomic mass is 9.98. The molecular weight excluding hydrogens is 342 g/mol. The van der Waals surface area contributed by atoms with Crippen molar-refractivity contribution >= 4 is 35.3 Å². The normalized spacial score (nSPS) is 23.0. The zero-order valence-electron chi connectivity index (χ0n) is 14.2. The molecule has 0 saturated carbocycles. The summed E-state index contributed by atoms with van der Waals surface area (Å²) in [6, 6.07) is 6.46. The second-order valence-electron chi connectivity index (χ2n) is 6.09. The first-order chi connectivity index (χ1) is 12.0. The SMILES string of the molecule is COCC(=O)NC1CCN2C(=O)N(c3cccc(SC)c3)C(=O)C2C1. The Balaban J connectivity index is 1.75. The fraction of sp³-hybridized carbons (Fsp3) is 0.471. The Kier molecular flexibility index (Phi) is 5.29. The van der Waals surface area contributed by atoms with Crippen molar-refractivity contribution in [3.8, 4) is 0 Å². The summed E-state index contributed by atoms with van der Waals surface area (Å²) in [4.78, 5) is 41.1. The summed E-state index contributed by atoms with van der Waals surface area (Å²) in [6.45, 7) is 0.442. The van der Waals surface area contributed by atoms with E-state index in [0.717, 1.165) is 4.90 Å². The van der Waals surface area contributed by atoms with Gasteiger partial charge >= 0.3 is 6.03 Å². The van der Waals surface area contributed by atoms with Gasteiger partial charge in [0.2, 0.25) is 5.91 Å². The number of carbonyl (C=O) groups excluding carboxylic acids is 3. The summed E-state index contributed by atoms with van der Waals surface area (Å²) in [6.07, 6.45) is 3.01. The van der Waals surface area contributed by atoms with E-state index < -0.39 is 6.04 Å². The van der Waals surface area contributed by atoms with E-state index in [1.165, 1.54) is 12.0 Å². The van der Waals surface area contributed by atoms with Crippen LogP contribution in [-0.2, 0) is 14.3 Å². The molecule has 0 aromatic heterocycles. The summed E-state index contributed by atoms with van der Waals surface area (Å²) in [5.41, 5.74) is 0.594. The number of anilines is 1. The number of carbonyl (C=O) groups is 3. The van der Waals surface area contributed by atoms with E-state index in [2.05, 4.69) is 5.32 Å².